The lowest BCUT2D eigenvalue weighted by atomic mass is 9.91. The summed E-state index contributed by atoms with van der Waals surface area (Å²) in [7, 11) is 0. The van der Waals surface area contributed by atoms with E-state index in [4.69, 9.17) is 0 Å². The Kier molecular flexibility index (Phi) is 4.93. The first-order valence-corrected chi connectivity index (χ1v) is 8.70. The monoisotopic (exact) mass is 365 g/mol. The minimum absolute atomic E-state index is 0.263. The van der Waals surface area contributed by atoms with Crippen molar-refractivity contribution in [3.63, 3.8) is 0 Å². The summed E-state index contributed by atoms with van der Waals surface area (Å²) in [4.78, 5) is 39.9. The third-order valence-corrected chi connectivity index (χ3v) is 4.99. The van der Waals surface area contributed by atoms with Gasteiger partial charge in [-0.25, -0.2) is 13.6 Å². The Morgan fingerprint density at radius 2 is 1.81 bits per heavy atom. The highest BCUT2D eigenvalue weighted by Crippen LogP contribution is 2.31. The zero-order chi connectivity index (χ0) is 18.9. The molecule has 2 aliphatic rings. The number of nitrogens with zero attached hydrogens (tertiary/aromatic N) is 2. The van der Waals surface area contributed by atoms with Gasteiger partial charge in [0, 0.05) is 18.7 Å². The molecule has 8 heteroatoms. The van der Waals surface area contributed by atoms with Crippen molar-refractivity contribution in [1.29, 1.82) is 0 Å². The molecule has 3 rings (SSSR count). The quantitative estimate of drug-likeness (QED) is 0.835. The molecule has 0 radical (unpaired) electrons. The number of carbonyl (C=O) groups is 3. The fraction of sp³-hybridized carbons (Fsp3) is 0.500. The van der Waals surface area contributed by atoms with Crippen molar-refractivity contribution in [3.8, 4) is 0 Å². The predicted molar refractivity (Wildman–Crippen MR) is 89.0 cm³/mol. The van der Waals surface area contributed by atoms with Gasteiger partial charge in [-0.15, -0.1) is 0 Å². The van der Waals surface area contributed by atoms with Crippen LogP contribution in [0.5, 0.6) is 0 Å². The standard InChI is InChI=1S/C18H21F2N3O3/c1-18(13-10-12(19)6-7-14(13)20)16(25)23(17(26)21-18)11-15(24)22-8-4-2-3-5-9-22/h6-7,10H,2-5,8-9,11H2,1H3,(H,21,26)/t18-/m1/s1. The second-order valence-electron chi connectivity index (χ2n) is 6.87. The van der Waals surface area contributed by atoms with Crippen molar-refractivity contribution in [2.45, 2.75) is 38.1 Å². The summed E-state index contributed by atoms with van der Waals surface area (Å²) in [5.41, 5.74) is -2.01. The van der Waals surface area contributed by atoms with Crippen LogP contribution in [0.3, 0.4) is 0 Å². The highest BCUT2D eigenvalue weighted by molar-refractivity contribution is 6.09. The van der Waals surface area contributed by atoms with Crippen LogP contribution in [0.15, 0.2) is 18.2 Å². The van der Waals surface area contributed by atoms with Crippen molar-refractivity contribution in [3.05, 3.63) is 35.4 Å². The largest absolute Gasteiger partial charge is 0.341 e. The first-order valence-electron chi connectivity index (χ1n) is 8.70. The maximum absolute atomic E-state index is 14.1. The maximum Gasteiger partial charge on any atom is 0.325 e. The number of amides is 4. The summed E-state index contributed by atoms with van der Waals surface area (Å²) < 4.78 is 27.6. The summed E-state index contributed by atoms with van der Waals surface area (Å²) in [5, 5.41) is 2.40. The summed E-state index contributed by atoms with van der Waals surface area (Å²) in [6.45, 7) is 2.09. The number of halogens is 2. The molecule has 1 N–H and O–H groups in total. The van der Waals surface area contributed by atoms with Gasteiger partial charge in [0.1, 0.15) is 23.7 Å². The first kappa shape index (κ1) is 18.3. The molecule has 2 heterocycles. The maximum atomic E-state index is 14.1. The van der Waals surface area contributed by atoms with Gasteiger partial charge in [-0.2, -0.15) is 0 Å². The molecule has 0 aromatic heterocycles. The van der Waals surface area contributed by atoms with Gasteiger partial charge >= 0.3 is 6.03 Å². The van der Waals surface area contributed by atoms with Crippen LogP contribution in [0.25, 0.3) is 0 Å². The summed E-state index contributed by atoms with van der Waals surface area (Å²) in [6, 6.07) is 1.93. The fourth-order valence-corrected chi connectivity index (χ4v) is 3.46. The Morgan fingerprint density at radius 1 is 1.15 bits per heavy atom. The topological polar surface area (TPSA) is 69.7 Å². The van der Waals surface area contributed by atoms with Crippen molar-refractivity contribution in [2.24, 2.45) is 0 Å². The molecule has 2 fully saturated rings. The number of hydrogen-bond donors (Lipinski definition) is 1. The lowest BCUT2D eigenvalue weighted by Crippen LogP contribution is -2.45. The van der Waals surface area contributed by atoms with Crippen LogP contribution in [0, 0.1) is 11.6 Å². The second-order valence-corrected chi connectivity index (χ2v) is 6.87. The normalized spacial score (nSPS) is 23.8. The highest BCUT2D eigenvalue weighted by atomic mass is 19.1. The number of imide groups is 1. The SMILES string of the molecule is C[C@]1(c2cc(F)ccc2F)NC(=O)N(CC(=O)N2CCCCCC2)C1=O. The van der Waals surface area contributed by atoms with Gasteiger partial charge in [-0.05, 0) is 38.0 Å². The summed E-state index contributed by atoms with van der Waals surface area (Å²) >= 11 is 0. The Bertz CT molecular complexity index is 747. The second kappa shape index (κ2) is 7.01. The molecule has 1 aromatic rings. The smallest absolute Gasteiger partial charge is 0.325 e. The molecular formula is C18H21F2N3O3. The van der Waals surface area contributed by atoms with Gasteiger partial charge in [0.2, 0.25) is 5.91 Å². The lowest BCUT2D eigenvalue weighted by molar-refractivity contribution is -0.138. The lowest BCUT2D eigenvalue weighted by Gasteiger charge is -2.24. The van der Waals surface area contributed by atoms with Crippen LogP contribution >= 0.6 is 0 Å². The van der Waals surface area contributed by atoms with Crippen LogP contribution in [0.1, 0.15) is 38.2 Å². The Balaban J connectivity index is 1.80. The number of urea groups is 1. The number of likely N-dealkylation sites (tertiary alicyclic amines) is 1. The molecule has 0 bridgehead atoms. The van der Waals surface area contributed by atoms with E-state index in [2.05, 4.69) is 5.32 Å². The summed E-state index contributed by atoms with van der Waals surface area (Å²) in [5.74, 6) is -2.61. The van der Waals surface area contributed by atoms with E-state index < -0.39 is 35.7 Å². The molecule has 1 atom stereocenters. The molecule has 4 amide bonds. The minimum atomic E-state index is -1.75. The average molecular weight is 365 g/mol. The van der Waals surface area contributed by atoms with E-state index >= 15 is 0 Å². The van der Waals surface area contributed by atoms with Gasteiger partial charge < -0.3 is 10.2 Å². The van der Waals surface area contributed by atoms with Crippen LogP contribution in [-0.4, -0.2) is 47.3 Å². The first-order chi connectivity index (χ1) is 12.3. The zero-order valence-electron chi connectivity index (χ0n) is 14.6. The van der Waals surface area contributed by atoms with E-state index in [0.29, 0.717) is 13.1 Å². The minimum Gasteiger partial charge on any atom is -0.341 e. The van der Waals surface area contributed by atoms with Crippen LogP contribution in [-0.2, 0) is 15.1 Å². The van der Waals surface area contributed by atoms with Crippen LogP contribution < -0.4 is 5.32 Å². The molecule has 0 aliphatic carbocycles. The zero-order valence-corrected chi connectivity index (χ0v) is 14.6. The van der Waals surface area contributed by atoms with Gasteiger partial charge in [0.25, 0.3) is 5.91 Å². The molecule has 26 heavy (non-hydrogen) atoms. The molecule has 0 saturated carbocycles. The van der Waals surface area contributed by atoms with Crippen molar-refractivity contribution < 1.29 is 23.2 Å². The molecule has 140 valence electrons. The van der Waals surface area contributed by atoms with E-state index in [1.165, 1.54) is 6.92 Å². The summed E-state index contributed by atoms with van der Waals surface area (Å²) in [6.07, 6.45) is 3.86. The van der Waals surface area contributed by atoms with E-state index in [-0.39, 0.29) is 11.5 Å². The van der Waals surface area contributed by atoms with Crippen molar-refractivity contribution >= 4 is 17.8 Å². The third-order valence-electron chi connectivity index (χ3n) is 4.99. The van der Waals surface area contributed by atoms with Crippen LogP contribution in [0.4, 0.5) is 13.6 Å². The molecular weight excluding hydrogens is 344 g/mol. The Labute approximate surface area is 150 Å². The average Bonchev–Trinajstić information content (AvgIpc) is 2.82. The van der Waals surface area contributed by atoms with Gasteiger partial charge in [0.05, 0.1) is 0 Å². The van der Waals surface area contributed by atoms with Gasteiger partial charge in [-0.3, -0.25) is 14.5 Å². The number of carbonyl (C=O) groups excluding carboxylic acids is 3. The van der Waals surface area contributed by atoms with E-state index in [9.17, 15) is 23.2 Å². The molecule has 6 nitrogen and oxygen atoms in total. The van der Waals surface area contributed by atoms with Crippen LogP contribution in [0.2, 0.25) is 0 Å². The Hall–Kier alpha value is -2.51. The Morgan fingerprint density at radius 3 is 2.46 bits per heavy atom. The number of nitrogens with one attached hydrogen (secondary N) is 1. The number of rotatable bonds is 3. The number of benzene rings is 1. The van der Waals surface area contributed by atoms with Crippen molar-refractivity contribution in [2.75, 3.05) is 19.6 Å². The predicted octanol–water partition coefficient (Wildman–Crippen LogP) is 2.13. The van der Waals surface area contributed by atoms with E-state index in [0.717, 1.165) is 48.8 Å². The molecule has 1 aromatic carbocycles. The number of hydrogen-bond acceptors (Lipinski definition) is 3. The van der Waals surface area contributed by atoms with E-state index in [1.807, 2.05) is 0 Å². The molecule has 2 aliphatic heterocycles. The third kappa shape index (κ3) is 3.27. The van der Waals surface area contributed by atoms with E-state index in [1.54, 1.807) is 4.90 Å². The molecule has 0 unspecified atom stereocenters. The molecule has 2 saturated heterocycles. The fourth-order valence-electron chi connectivity index (χ4n) is 3.46. The highest BCUT2D eigenvalue weighted by Gasteiger charge is 2.51. The van der Waals surface area contributed by atoms with Crippen molar-refractivity contribution in [1.82, 2.24) is 15.1 Å². The van der Waals surface area contributed by atoms with Gasteiger partial charge in [-0.1, -0.05) is 12.8 Å². The van der Waals surface area contributed by atoms with Gasteiger partial charge in [0.15, 0.2) is 0 Å². The molecule has 0 spiro atoms.